The number of carbonyl (C=O) groups is 1. The number of amides is 1. The maximum atomic E-state index is 12.4. The maximum Gasteiger partial charge on any atom is 0.229 e. The van der Waals surface area contributed by atoms with E-state index in [-0.39, 0.29) is 11.8 Å². The van der Waals surface area contributed by atoms with Gasteiger partial charge in [0.15, 0.2) is 0 Å². The van der Waals surface area contributed by atoms with Crippen LogP contribution >= 0.6 is 0 Å². The molecule has 3 heteroatoms. The fourth-order valence-electron chi connectivity index (χ4n) is 2.94. The predicted molar refractivity (Wildman–Crippen MR) is 77.8 cm³/mol. The molecule has 3 nitrogen and oxygen atoms in total. The Bertz CT molecular complexity index is 428. The Labute approximate surface area is 115 Å². The van der Waals surface area contributed by atoms with Gasteiger partial charge < -0.3 is 11.1 Å². The van der Waals surface area contributed by atoms with Crippen molar-refractivity contribution in [3.8, 4) is 0 Å². The summed E-state index contributed by atoms with van der Waals surface area (Å²) >= 11 is 0. The SMILES string of the molecule is CC1(C)CCC(NC(=O)C(CN)c2ccccc2)C1. The summed E-state index contributed by atoms with van der Waals surface area (Å²) in [6.45, 7) is 4.87. The van der Waals surface area contributed by atoms with Crippen LogP contribution in [-0.2, 0) is 4.79 Å². The van der Waals surface area contributed by atoms with Crippen molar-refractivity contribution in [1.82, 2.24) is 5.32 Å². The van der Waals surface area contributed by atoms with Crippen molar-refractivity contribution in [2.75, 3.05) is 6.54 Å². The van der Waals surface area contributed by atoms with Gasteiger partial charge in [0, 0.05) is 12.6 Å². The van der Waals surface area contributed by atoms with Crippen molar-refractivity contribution in [3.63, 3.8) is 0 Å². The monoisotopic (exact) mass is 260 g/mol. The molecule has 19 heavy (non-hydrogen) atoms. The zero-order valence-corrected chi connectivity index (χ0v) is 11.9. The molecule has 0 spiro atoms. The van der Waals surface area contributed by atoms with Gasteiger partial charge in [-0.15, -0.1) is 0 Å². The lowest BCUT2D eigenvalue weighted by Gasteiger charge is -2.21. The minimum Gasteiger partial charge on any atom is -0.353 e. The van der Waals surface area contributed by atoms with E-state index in [4.69, 9.17) is 5.73 Å². The Hall–Kier alpha value is -1.35. The molecule has 2 atom stereocenters. The van der Waals surface area contributed by atoms with E-state index in [0.29, 0.717) is 18.0 Å². The van der Waals surface area contributed by atoms with Gasteiger partial charge in [-0.3, -0.25) is 4.79 Å². The van der Waals surface area contributed by atoms with Crippen molar-refractivity contribution in [3.05, 3.63) is 35.9 Å². The van der Waals surface area contributed by atoms with Crippen molar-refractivity contribution in [2.24, 2.45) is 11.1 Å². The number of rotatable bonds is 4. The second-order valence-corrected chi connectivity index (χ2v) is 6.31. The molecule has 2 unspecified atom stereocenters. The van der Waals surface area contributed by atoms with E-state index in [1.807, 2.05) is 30.3 Å². The first-order valence-electron chi connectivity index (χ1n) is 7.07. The summed E-state index contributed by atoms with van der Waals surface area (Å²) in [6, 6.07) is 10.1. The number of carbonyl (C=O) groups excluding carboxylic acids is 1. The minimum absolute atomic E-state index is 0.0661. The fraction of sp³-hybridized carbons (Fsp3) is 0.562. The van der Waals surface area contributed by atoms with Gasteiger partial charge in [0.25, 0.3) is 0 Å². The van der Waals surface area contributed by atoms with Crippen LogP contribution in [0.15, 0.2) is 30.3 Å². The third-order valence-electron chi connectivity index (χ3n) is 4.07. The Morgan fingerprint density at radius 2 is 2.11 bits per heavy atom. The molecule has 0 aromatic heterocycles. The number of hydrogen-bond acceptors (Lipinski definition) is 2. The first-order valence-corrected chi connectivity index (χ1v) is 7.07. The van der Waals surface area contributed by atoms with E-state index in [2.05, 4.69) is 19.2 Å². The molecule has 3 N–H and O–H groups in total. The Balaban J connectivity index is 1.99. The molecule has 1 aliphatic carbocycles. The molecule has 104 valence electrons. The Kier molecular flexibility index (Phi) is 4.25. The molecular formula is C16H24N2O. The van der Waals surface area contributed by atoms with Crippen molar-refractivity contribution in [1.29, 1.82) is 0 Å². The number of nitrogens with one attached hydrogen (secondary N) is 1. The average molecular weight is 260 g/mol. The molecule has 2 rings (SSSR count). The van der Waals surface area contributed by atoms with E-state index in [1.165, 1.54) is 6.42 Å². The first kappa shape index (κ1) is 14.1. The van der Waals surface area contributed by atoms with Gasteiger partial charge >= 0.3 is 0 Å². The van der Waals surface area contributed by atoms with Crippen LogP contribution in [0, 0.1) is 5.41 Å². The second-order valence-electron chi connectivity index (χ2n) is 6.31. The molecule has 1 aromatic carbocycles. The number of benzene rings is 1. The van der Waals surface area contributed by atoms with E-state index in [9.17, 15) is 4.79 Å². The fourth-order valence-corrected chi connectivity index (χ4v) is 2.94. The van der Waals surface area contributed by atoms with Crippen molar-refractivity contribution < 1.29 is 4.79 Å². The highest BCUT2D eigenvalue weighted by Crippen LogP contribution is 2.37. The first-order chi connectivity index (χ1) is 9.02. The van der Waals surface area contributed by atoms with Crippen molar-refractivity contribution >= 4 is 5.91 Å². The summed E-state index contributed by atoms with van der Waals surface area (Å²) in [5.41, 5.74) is 7.12. The lowest BCUT2D eigenvalue weighted by molar-refractivity contribution is -0.123. The molecule has 1 fully saturated rings. The van der Waals surface area contributed by atoms with Crippen LogP contribution in [0.1, 0.15) is 44.6 Å². The standard InChI is InChI=1S/C16H24N2O/c1-16(2)9-8-13(10-16)18-15(19)14(11-17)12-6-4-3-5-7-12/h3-7,13-14H,8-11,17H2,1-2H3,(H,18,19). The van der Waals surface area contributed by atoms with Crippen LogP contribution in [0.5, 0.6) is 0 Å². The quantitative estimate of drug-likeness (QED) is 0.873. The Morgan fingerprint density at radius 1 is 1.42 bits per heavy atom. The largest absolute Gasteiger partial charge is 0.353 e. The molecule has 1 aromatic rings. The summed E-state index contributed by atoms with van der Waals surface area (Å²) in [4.78, 5) is 12.4. The maximum absolute atomic E-state index is 12.4. The van der Waals surface area contributed by atoms with Gasteiger partial charge in [-0.2, -0.15) is 0 Å². The van der Waals surface area contributed by atoms with E-state index in [0.717, 1.165) is 18.4 Å². The van der Waals surface area contributed by atoms with Gasteiger partial charge in [-0.25, -0.2) is 0 Å². The average Bonchev–Trinajstić information content (AvgIpc) is 2.71. The summed E-state index contributed by atoms with van der Waals surface area (Å²) < 4.78 is 0. The van der Waals surface area contributed by atoms with Gasteiger partial charge in [0.2, 0.25) is 5.91 Å². The third kappa shape index (κ3) is 3.57. The second kappa shape index (κ2) is 5.74. The van der Waals surface area contributed by atoms with Crippen LogP contribution in [0.25, 0.3) is 0 Å². The molecule has 0 bridgehead atoms. The van der Waals surface area contributed by atoms with Gasteiger partial charge in [0.1, 0.15) is 0 Å². The molecule has 0 saturated heterocycles. The molecule has 0 radical (unpaired) electrons. The van der Waals surface area contributed by atoms with Crippen LogP contribution in [0.4, 0.5) is 0 Å². The zero-order valence-electron chi connectivity index (χ0n) is 11.9. The predicted octanol–water partition coefficient (Wildman–Crippen LogP) is 2.42. The summed E-state index contributed by atoms with van der Waals surface area (Å²) in [7, 11) is 0. The topological polar surface area (TPSA) is 55.1 Å². The lowest BCUT2D eigenvalue weighted by atomic mass is 9.91. The normalized spacial score (nSPS) is 23.0. The van der Waals surface area contributed by atoms with Crippen LogP contribution in [-0.4, -0.2) is 18.5 Å². The van der Waals surface area contributed by atoms with Crippen LogP contribution < -0.4 is 11.1 Å². The van der Waals surface area contributed by atoms with Crippen LogP contribution in [0.2, 0.25) is 0 Å². The Morgan fingerprint density at radius 3 is 2.63 bits per heavy atom. The molecule has 1 saturated carbocycles. The summed E-state index contributed by atoms with van der Waals surface area (Å²) in [5.74, 6) is -0.165. The highest BCUT2D eigenvalue weighted by molar-refractivity contribution is 5.84. The van der Waals surface area contributed by atoms with Gasteiger partial charge in [0.05, 0.1) is 5.92 Å². The number of nitrogens with two attached hydrogens (primary N) is 1. The van der Waals surface area contributed by atoms with Gasteiger partial charge in [-0.1, -0.05) is 44.2 Å². The lowest BCUT2D eigenvalue weighted by Crippen LogP contribution is -2.39. The smallest absolute Gasteiger partial charge is 0.229 e. The zero-order chi connectivity index (χ0) is 13.9. The molecule has 0 aliphatic heterocycles. The molecule has 0 heterocycles. The number of hydrogen-bond donors (Lipinski definition) is 2. The third-order valence-corrected chi connectivity index (χ3v) is 4.07. The highest BCUT2D eigenvalue weighted by atomic mass is 16.2. The molecular weight excluding hydrogens is 236 g/mol. The van der Waals surface area contributed by atoms with Crippen LogP contribution in [0.3, 0.4) is 0 Å². The summed E-state index contributed by atoms with van der Waals surface area (Å²) in [5, 5.41) is 3.17. The minimum atomic E-state index is -0.232. The van der Waals surface area contributed by atoms with E-state index in [1.54, 1.807) is 0 Å². The van der Waals surface area contributed by atoms with E-state index >= 15 is 0 Å². The highest BCUT2D eigenvalue weighted by Gasteiger charge is 2.32. The van der Waals surface area contributed by atoms with E-state index < -0.39 is 0 Å². The van der Waals surface area contributed by atoms with Crippen molar-refractivity contribution in [2.45, 2.75) is 45.1 Å². The van der Waals surface area contributed by atoms with Gasteiger partial charge in [-0.05, 0) is 30.2 Å². The summed E-state index contributed by atoms with van der Waals surface area (Å²) in [6.07, 6.45) is 3.31. The molecule has 1 aliphatic rings. The molecule has 1 amide bonds.